The third-order valence-corrected chi connectivity index (χ3v) is 5.16. The Morgan fingerprint density at radius 3 is 2.71 bits per heavy atom. The number of hydrogen-bond acceptors (Lipinski definition) is 3. The van der Waals surface area contributed by atoms with E-state index in [9.17, 15) is 4.79 Å². The van der Waals surface area contributed by atoms with E-state index in [2.05, 4.69) is 24.3 Å². The first-order chi connectivity index (χ1) is 10.2. The maximum absolute atomic E-state index is 12.5. The van der Waals surface area contributed by atoms with E-state index in [0.29, 0.717) is 18.9 Å². The van der Waals surface area contributed by atoms with Crippen LogP contribution in [0.3, 0.4) is 0 Å². The van der Waals surface area contributed by atoms with Gasteiger partial charge in [-0.25, -0.2) is 4.79 Å². The fourth-order valence-electron chi connectivity index (χ4n) is 4.13. The first kappa shape index (κ1) is 14.6. The maximum Gasteiger partial charge on any atom is 0.341 e. The monoisotopic (exact) mass is 288 g/mol. The highest BCUT2D eigenvalue weighted by atomic mass is 16.7. The van der Waals surface area contributed by atoms with Crippen molar-refractivity contribution in [3.8, 4) is 0 Å². The van der Waals surface area contributed by atoms with Crippen molar-refractivity contribution < 1.29 is 14.3 Å². The van der Waals surface area contributed by atoms with Crippen molar-refractivity contribution in [2.24, 2.45) is 0 Å². The molecule has 21 heavy (non-hydrogen) atoms. The second kappa shape index (κ2) is 5.45. The number of carbonyl (C=O) groups is 1. The lowest BCUT2D eigenvalue weighted by Gasteiger charge is -2.32. The van der Waals surface area contributed by atoms with Crippen LogP contribution in [-0.2, 0) is 14.3 Å². The van der Waals surface area contributed by atoms with E-state index >= 15 is 0 Å². The van der Waals surface area contributed by atoms with E-state index in [4.69, 9.17) is 9.47 Å². The summed E-state index contributed by atoms with van der Waals surface area (Å²) < 4.78 is 11.5. The Labute approximate surface area is 126 Å². The summed E-state index contributed by atoms with van der Waals surface area (Å²) >= 11 is 0. The van der Waals surface area contributed by atoms with Crippen LogP contribution in [0.4, 0.5) is 0 Å². The highest BCUT2D eigenvalue weighted by molar-refractivity contribution is 5.85. The smallest absolute Gasteiger partial charge is 0.341 e. The van der Waals surface area contributed by atoms with E-state index in [0.717, 1.165) is 19.3 Å². The highest BCUT2D eigenvalue weighted by Crippen LogP contribution is 2.64. The van der Waals surface area contributed by atoms with E-state index in [1.165, 1.54) is 12.0 Å². The second-order valence-corrected chi connectivity index (χ2v) is 6.10. The van der Waals surface area contributed by atoms with Gasteiger partial charge in [-0.3, -0.25) is 0 Å². The minimum Gasteiger partial charge on any atom is -0.464 e. The average molecular weight is 288 g/mol. The number of esters is 1. The van der Waals surface area contributed by atoms with Gasteiger partial charge in [-0.1, -0.05) is 50.1 Å². The fraction of sp³-hybridized carbons (Fsp3) is 0.611. The maximum atomic E-state index is 12.5. The molecule has 1 saturated heterocycles. The van der Waals surface area contributed by atoms with Gasteiger partial charge in [0.2, 0.25) is 0 Å². The minimum atomic E-state index is -0.718. The molecule has 0 N–H and O–H groups in total. The molecule has 2 aliphatic rings. The van der Waals surface area contributed by atoms with Crippen LogP contribution in [0.5, 0.6) is 0 Å². The van der Waals surface area contributed by atoms with Crippen molar-refractivity contribution in [3.05, 3.63) is 35.9 Å². The quantitative estimate of drug-likeness (QED) is 0.624. The van der Waals surface area contributed by atoms with E-state index < -0.39 is 5.60 Å². The Balaban J connectivity index is 1.93. The van der Waals surface area contributed by atoms with Gasteiger partial charge in [0.1, 0.15) is 5.60 Å². The third kappa shape index (κ3) is 2.10. The molecule has 2 fully saturated rings. The number of carbonyl (C=O) groups excluding carboxylic acids is 1. The molecule has 0 bridgehead atoms. The Morgan fingerprint density at radius 1 is 1.29 bits per heavy atom. The molecule has 0 radical (unpaired) electrons. The molecule has 3 atom stereocenters. The predicted octanol–water partition coefficient (Wildman–Crippen LogP) is 3.83. The number of rotatable bonds is 4. The molecule has 3 nitrogen and oxygen atoms in total. The summed E-state index contributed by atoms with van der Waals surface area (Å²) in [6, 6.07) is 10.5. The molecule has 3 rings (SSSR count). The van der Waals surface area contributed by atoms with Gasteiger partial charge in [-0.2, -0.15) is 0 Å². The largest absolute Gasteiger partial charge is 0.464 e. The van der Waals surface area contributed by atoms with Crippen LogP contribution in [0.1, 0.15) is 57.4 Å². The number of benzene rings is 1. The summed E-state index contributed by atoms with van der Waals surface area (Å²) in [7, 11) is 0. The number of epoxide rings is 1. The molecular weight excluding hydrogens is 264 g/mol. The van der Waals surface area contributed by atoms with Crippen LogP contribution >= 0.6 is 0 Å². The van der Waals surface area contributed by atoms with Crippen LogP contribution in [0.25, 0.3) is 0 Å². The van der Waals surface area contributed by atoms with Gasteiger partial charge >= 0.3 is 5.97 Å². The molecule has 1 heterocycles. The van der Waals surface area contributed by atoms with Crippen LogP contribution in [0, 0.1) is 0 Å². The Kier molecular flexibility index (Phi) is 3.78. The summed E-state index contributed by atoms with van der Waals surface area (Å²) in [5.41, 5.74) is 0.231. The topological polar surface area (TPSA) is 38.8 Å². The first-order valence-electron chi connectivity index (χ1n) is 8.12. The molecule has 0 amide bonds. The zero-order valence-electron chi connectivity index (χ0n) is 12.9. The normalized spacial score (nSPS) is 34.7. The van der Waals surface area contributed by atoms with Gasteiger partial charge in [0, 0.05) is 5.92 Å². The molecule has 1 saturated carbocycles. The molecule has 1 aliphatic carbocycles. The van der Waals surface area contributed by atoms with Gasteiger partial charge in [0.15, 0.2) is 5.60 Å². The van der Waals surface area contributed by atoms with E-state index in [1.54, 1.807) is 0 Å². The predicted molar refractivity (Wildman–Crippen MR) is 81.1 cm³/mol. The molecule has 0 aromatic heterocycles. The average Bonchev–Trinajstić information content (AvgIpc) is 3.18. The molecule has 1 spiro atoms. The van der Waals surface area contributed by atoms with Crippen LogP contribution in [0.2, 0.25) is 0 Å². The molecule has 1 aromatic carbocycles. The Bertz CT molecular complexity index is 512. The van der Waals surface area contributed by atoms with Gasteiger partial charge in [-0.15, -0.1) is 0 Å². The molecule has 3 unspecified atom stereocenters. The first-order valence-corrected chi connectivity index (χ1v) is 8.12. The van der Waals surface area contributed by atoms with Gasteiger partial charge in [0.25, 0.3) is 0 Å². The van der Waals surface area contributed by atoms with Crippen molar-refractivity contribution in [2.75, 3.05) is 6.61 Å². The molecule has 1 aromatic rings. The number of hydrogen-bond donors (Lipinski definition) is 0. The lowest BCUT2D eigenvalue weighted by atomic mass is 9.69. The van der Waals surface area contributed by atoms with Gasteiger partial charge < -0.3 is 9.47 Å². The molecule has 3 heteroatoms. The molecule has 1 aliphatic heterocycles. The summed E-state index contributed by atoms with van der Waals surface area (Å²) in [6.07, 6.45) is 5.07. The lowest BCUT2D eigenvalue weighted by Crippen LogP contribution is -2.40. The van der Waals surface area contributed by atoms with Crippen LogP contribution < -0.4 is 0 Å². The summed E-state index contributed by atoms with van der Waals surface area (Å²) in [5, 5.41) is 0. The van der Waals surface area contributed by atoms with Crippen molar-refractivity contribution in [2.45, 2.75) is 63.1 Å². The Morgan fingerprint density at radius 2 is 2.05 bits per heavy atom. The van der Waals surface area contributed by atoms with Crippen LogP contribution in [0.15, 0.2) is 30.3 Å². The van der Waals surface area contributed by atoms with Crippen molar-refractivity contribution in [1.82, 2.24) is 0 Å². The van der Waals surface area contributed by atoms with E-state index in [-0.39, 0.29) is 11.6 Å². The Hall–Kier alpha value is -1.35. The lowest BCUT2D eigenvalue weighted by molar-refractivity contribution is -0.149. The fourth-order valence-corrected chi connectivity index (χ4v) is 4.13. The van der Waals surface area contributed by atoms with Crippen molar-refractivity contribution in [3.63, 3.8) is 0 Å². The van der Waals surface area contributed by atoms with Gasteiger partial charge in [0.05, 0.1) is 6.61 Å². The van der Waals surface area contributed by atoms with Crippen molar-refractivity contribution in [1.29, 1.82) is 0 Å². The molecule has 114 valence electrons. The molecular formula is C18H24O3. The third-order valence-electron chi connectivity index (χ3n) is 5.16. The summed E-state index contributed by atoms with van der Waals surface area (Å²) in [4.78, 5) is 12.5. The zero-order chi connectivity index (χ0) is 14.9. The van der Waals surface area contributed by atoms with Crippen molar-refractivity contribution >= 4 is 5.97 Å². The summed E-state index contributed by atoms with van der Waals surface area (Å²) in [5.74, 6) is 0.132. The zero-order valence-corrected chi connectivity index (χ0v) is 12.9. The standard InChI is InChI=1S/C18H24O3/c1-3-17(16(19)20-4-2)18(21-17)13-9-8-12-15(18)14-10-6-5-7-11-14/h5-7,10-11,15H,3-4,8-9,12-13H2,1-2H3. The van der Waals surface area contributed by atoms with Gasteiger partial charge in [-0.05, 0) is 31.7 Å². The van der Waals surface area contributed by atoms with E-state index in [1.807, 2.05) is 19.9 Å². The SMILES string of the molecule is CCOC(=O)C1(CC)OC12CCCCC2c1ccccc1. The minimum absolute atomic E-state index is 0.171. The number of ether oxygens (including phenoxy) is 2. The highest BCUT2D eigenvalue weighted by Gasteiger charge is 2.77. The second-order valence-electron chi connectivity index (χ2n) is 6.10. The van der Waals surface area contributed by atoms with Crippen LogP contribution in [-0.4, -0.2) is 23.8 Å². The summed E-state index contributed by atoms with van der Waals surface area (Å²) in [6.45, 7) is 4.30.